The van der Waals surface area contributed by atoms with Crippen molar-refractivity contribution in [3.63, 3.8) is 0 Å². The second kappa shape index (κ2) is 9.26. The molecule has 8 heteroatoms. The Labute approximate surface area is 152 Å². The molecule has 0 bridgehead atoms. The fourth-order valence-electron chi connectivity index (χ4n) is 2.49. The third kappa shape index (κ3) is 5.50. The Balaban J connectivity index is 3.32. The van der Waals surface area contributed by atoms with E-state index in [9.17, 15) is 13.2 Å². The average molecular weight is 369 g/mol. The minimum absolute atomic E-state index is 0.0189. The second-order valence-electron chi connectivity index (χ2n) is 6.14. The topological polar surface area (TPSA) is 67.1 Å². The number of hydrogen-bond acceptors (Lipinski definition) is 5. The summed E-state index contributed by atoms with van der Waals surface area (Å²) in [5, 5.41) is 2.81. The monoisotopic (exact) mass is 369 g/mol. The van der Waals surface area contributed by atoms with E-state index in [4.69, 9.17) is 5.73 Å². The quantitative estimate of drug-likeness (QED) is 0.528. The molecule has 0 saturated heterocycles. The first-order chi connectivity index (χ1) is 12.1. The lowest BCUT2D eigenvalue weighted by Crippen LogP contribution is -2.48. The maximum absolute atomic E-state index is 14.2. The molecule has 1 aromatic heterocycles. The molecule has 144 valence electrons. The molecule has 0 aliphatic carbocycles. The molecular formula is C18H26F3N5. The fraction of sp³-hybridized carbons (Fsp3) is 0.444. The summed E-state index contributed by atoms with van der Waals surface area (Å²) in [5.74, 6) is -2.75. The molecule has 0 saturated carbocycles. The number of aryl methyl sites for hydroxylation is 1. The number of nitrogens with one attached hydrogen (secondary N) is 1. The minimum atomic E-state index is -1.07. The van der Waals surface area contributed by atoms with Crippen LogP contribution in [0.2, 0.25) is 0 Å². The Morgan fingerprint density at radius 3 is 2.50 bits per heavy atom. The van der Waals surface area contributed by atoms with Crippen molar-refractivity contribution in [3.05, 3.63) is 47.7 Å². The van der Waals surface area contributed by atoms with E-state index in [1.54, 1.807) is 25.1 Å². The lowest BCUT2D eigenvalue weighted by molar-refractivity contribution is 0.377. The molecule has 26 heavy (non-hydrogen) atoms. The number of hydrogen-bond donors (Lipinski definition) is 2. The summed E-state index contributed by atoms with van der Waals surface area (Å²) in [4.78, 5) is 9.86. The van der Waals surface area contributed by atoms with E-state index in [2.05, 4.69) is 21.9 Å². The number of aromatic nitrogens is 2. The van der Waals surface area contributed by atoms with Gasteiger partial charge in [-0.2, -0.15) is 0 Å². The first-order valence-corrected chi connectivity index (χ1v) is 8.25. The highest BCUT2D eigenvalue weighted by Crippen LogP contribution is 2.25. The Bertz CT molecular complexity index is 711. The molecule has 0 amide bonds. The van der Waals surface area contributed by atoms with E-state index in [0.29, 0.717) is 17.5 Å². The predicted molar refractivity (Wildman–Crippen MR) is 99.2 cm³/mol. The van der Waals surface area contributed by atoms with Crippen molar-refractivity contribution in [1.29, 1.82) is 0 Å². The van der Waals surface area contributed by atoms with E-state index in [1.807, 2.05) is 13.8 Å². The molecule has 1 unspecified atom stereocenters. The van der Waals surface area contributed by atoms with Crippen LogP contribution in [0.1, 0.15) is 32.9 Å². The highest BCUT2D eigenvalue weighted by Gasteiger charge is 2.25. The van der Waals surface area contributed by atoms with Crippen molar-refractivity contribution >= 4 is 11.6 Å². The molecule has 1 heterocycles. The number of allylic oxidation sites excluding steroid dienone is 4. The molecule has 0 aromatic carbocycles. The standard InChI is InChI=1S/C18H26F3N5/c1-7-10(2)17(25-16(12(4)20)14(21)8-11(3)19)26(6)15-9-23-18(22)24-13(15)5/h8-10,17,25H,4,7H2,1-3,5-6H3,(H2,22,23,24)/b11-8+,16-14-/t10-,17?/m1/s1. The Hall–Kier alpha value is -2.51. The van der Waals surface area contributed by atoms with Gasteiger partial charge in [-0.1, -0.05) is 20.4 Å². The summed E-state index contributed by atoms with van der Waals surface area (Å²) in [7, 11) is 1.75. The van der Waals surface area contributed by atoms with Gasteiger partial charge in [0.25, 0.3) is 0 Å². The highest BCUT2D eigenvalue weighted by atomic mass is 19.1. The van der Waals surface area contributed by atoms with Crippen LogP contribution in [-0.2, 0) is 0 Å². The van der Waals surface area contributed by atoms with Crippen molar-refractivity contribution in [2.24, 2.45) is 5.92 Å². The second-order valence-corrected chi connectivity index (χ2v) is 6.14. The molecule has 3 N–H and O–H groups in total. The van der Waals surface area contributed by atoms with Crippen molar-refractivity contribution < 1.29 is 13.2 Å². The molecular weight excluding hydrogens is 343 g/mol. The molecule has 2 atom stereocenters. The summed E-state index contributed by atoms with van der Waals surface area (Å²) >= 11 is 0. The Morgan fingerprint density at radius 1 is 1.42 bits per heavy atom. The lowest BCUT2D eigenvalue weighted by atomic mass is 10.0. The number of nitrogens with two attached hydrogens (primary N) is 1. The van der Waals surface area contributed by atoms with Crippen LogP contribution in [-0.4, -0.2) is 23.2 Å². The van der Waals surface area contributed by atoms with Crippen LogP contribution in [0.5, 0.6) is 0 Å². The Kier molecular flexibility index (Phi) is 7.67. The van der Waals surface area contributed by atoms with Crippen molar-refractivity contribution in [2.45, 2.75) is 40.3 Å². The fourth-order valence-corrected chi connectivity index (χ4v) is 2.49. The molecule has 1 aromatic rings. The lowest BCUT2D eigenvalue weighted by Gasteiger charge is -2.36. The summed E-state index contributed by atoms with van der Waals surface area (Å²) in [6, 6.07) is 0. The summed E-state index contributed by atoms with van der Waals surface area (Å²) in [6.07, 6.45) is 2.36. The van der Waals surface area contributed by atoms with Crippen molar-refractivity contribution in [3.8, 4) is 0 Å². The van der Waals surface area contributed by atoms with E-state index >= 15 is 0 Å². The van der Waals surface area contributed by atoms with Crippen molar-refractivity contribution in [1.82, 2.24) is 15.3 Å². The van der Waals surface area contributed by atoms with Crippen LogP contribution < -0.4 is 16.0 Å². The maximum atomic E-state index is 14.2. The van der Waals surface area contributed by atoms with Crippen LogP contribution in [0.25, 0.3) is 0 Å². The van der Waals surface area contributed by atoms with Gasteiger partial charge in [0.2, 0.25) is 5.95 Å². The van der Waals surface area contributed by atoms with E-state index in [1.165, 1.54) is 0 Å². The molecule has 0 aliphatic heterocycles. The molecule has 0 spiro atoms. The summed E-state index contributed by atoms with van der Waals surface area (Å²) in [6.45, 7) is 9.86. The molecule has 0 radical (unpaired) electrons. The smallest absolute Gasteiger partial charge is 0.220 e. The molecule has 5 nitrogen and oxygen atoms in total. The SMILES string of the molecule is C=C(F)/C(NC([C@H](C)CC)N(C)c1cnc(N)nc1C)=C(F)\C=C(/C)F. The van der Waals surface area contributed by atoms with Gasteiger partial charge >= 0.3 is 0 Å². The number of nitrogen functional groups attached to an aromatic ring is 1. The normalized spacial score (nSPS) is 15.2. The highest BCUT2D eigenvalue weighted by molar-refractivity contribution is 5.50. The number of nitrogens with zero attached hydrogens (tertiary/aromatic N) is 3. The van der Waals surface area contributed by atoms with E-state index in [-0.39, 0.29) is 11.9 Å². The first-order valence-electron chi connectivity index (χ1n) is 8.25. The number of anilines is 2. The van der Waals surface area contributed by atoms with Gasteiger partial charge in [0.15, 0.2) is 5.83 Å². The van der Waals surface area contributed by atoms with Crippen LogP contribution in [0.3, 0.4) is 0 Å². The molecule has 0 aliphatic rings. The minimum Gasteiger partial charge on any atom is -0.368 e. The zero-order chi connectivity index (χ0) is 20.0. The average Bonchev–Trinajstić information content (AvgIpc) is 2.53. The van der Waals surface area contributed by atoms with Gasteiger partial charge in [-0.25, -0.2) is 23.1 Å². The van der Waals surface area contributed by atoms with Crippen LogP contribution in [0.4, 0.5) is 24.8 Å². The van der Waals surface area contributed by atoms with Crippen molar-refractivity contribution in [2.75, 3.05) is 17.7 Å². The number of rotatable bonds is 8. The van der Waals surface area contributed by atoms with Gasteiger partial charge in [-0.15, -0.1) is 0 Å². The third-order valence-electron chi connectivity index (χ3n) is 4.08. The molecule has 1 rings (SSSR count). The van der Waals surface area contributed by atoms with Gasteiger partial charge in [0, 0.05) is 13.1 Å². The predicted octanol–water partition coefficient (Wildman–Crippen LogP) is 4.30. The summed E-state index contributed by atoms with van der Waals surface area (Å²) in [5.41, 5.74) is 6.36. The zero-order valence-corrected chi connectivity index (χ0v) is 15.8. The maximum Gasteiger partial charge on any atom is 0.220 e. The zero-order valence-electron chi connectivity index (χ0n) is 15.8. The van der Waals surface area contributed by atoms with Gasteiger partial charge in [-0.05, 0) is 26.2 Å². The van der Waals surface area contributed by atoms with E-state index < -0.39 is 29.3 Å². The first kappa shape index (κ1) is 21.5. The van der Waals surface area contributed by atoms with Gasteiger partial charge < -0.3 is 16.0 Å². The van der Waals surface area contributed by atoms with E-state index in [0.717, 1.165) is 13.3 Å². The third-order valence-corrected chi connectivity index (χ3v) is 4.08. The van der Waals surface area contributed by atoms with Crippen LogP contribution in [0.15, 0.2) is 42.0 Å². The largest absolute Gasteiger partial charge is 0.368 e. The summed E-state index contributed by atoms with van der Waals surface area (Å²) < 4.78 is 41.1. The number of halogens is 3. The molecule has 0 fully saturated rings. The Morgan fingerprint density at radius 2 is 2.04 bits per heavy atom. The van der Waals surface area contributed by atoms with Crippen LogP contribution in [0, 0.1) is 12.8 Å². The van der Waals surface area contributed by atoms with Gasteiger partial charge in [-0.3, -0.25) is 0 Å². The van der Waals surface area contributed by atoms with Gasteiger partial charge in [0.05, 0.1) is 23.4 Å². The van der Waals surface area contributed by atoms with Gasteiger partial charge in [0.1, 0.15) is 17.7 Å². The van der Waals surface area contributed by atoms with Crippen LogP contribution >= 0.6 is 0 Å².